The number of ether oxygens (including phenoxy) is 1. The van der Waals surface area contributed by atoms with Crippen LogP contribution in [0.4, 0.5) is 0 Å². The van der Waals surface area contributed by atoms with E-state index >= 15 is 0 Å². The van der Waals surface area contributed by atoms with Crippen LogP contribution in [0.1, 0.15) is 15.2 Å². The summed E-state index contributed by atoms with van der Waals surface area (Å²) in [5.41, 5.74) is 0.942. The number of amides is 1. The minimum absolute atomic E-state index is 0.335. The number of carbonyl (C=O) groups is 2. The lowest BCUT2D eigenvalue weighted by molar-refractivity contribution is -0.142. The van der Waals surface area contributed by atoms with E-state index in [1.807, 2.05) is 30.3 Å². The average Bonchev–Trinajstić information content (AvgIpc) is 2.93. The molecule has 0 spiro atoms. The first-order chi connectivity index (χ1) is 10.1. The number of methoxy groups -OCH3 is 1. The minimum atomic E-state index is -0.731. The summed E-state index contributed by atoms with van der Waals surface area (Å²) < 4.78 is 5.28. The molecule has 0 aliphatic rings. The van der Waals surface area contributed by atoms with Crippen molar-refractivity contribution in [3.8, 4) is 0 Å². The van der Waals surface area contributed by atoms with Crippen molar-refractivity contribution in [1.82, 2.24) is 5.32 Å². The molecule has 6 heteroatoms. The summed E-state index contributed by atoms with van der Waals surface area (Å²) in [4.78, 5) is 24.4. The molecule has 4 nitrogen and oxygen atoms in total. The molecular formula is C15H14ClNO3S. The fraction of sp³-hybridized carbons (Fsp3) is 0.200. The Hall–Kier alpha value is -1.85. The predicted molar refractivity (Wildman–Crippen MR) is 82.7 cm³/mol. The maximum Gasteiger partial charge on any atom is 0.328 e. The van der Waals surface area contributed by atoms with Crippen LogP contribution < -0.4 is 5.32 Å². The summed E-state index contributed by atoms with van der Waals surface area (Å²) in [6.45, 7) is 0. The number of benzene rings is 1. The van der Waals surface area contributed by atoms with Crippen LogP contribution in [0.2, 0.25) is 4.34 Å². The maximum atomic E-state index is 12.1. The Labute approximate surface area is 131 Å². The molecule has 0 saturated carbocycles. The van der Waals surface area contributed by atoms with E-state index < -0.39 is 12.0 Å². The van der Waals surface area contributed by atoms with E-state index in [0.29, 0.717) is 15.6 Å². The number of hydrogen-bond acceptors (Lipinski definition) is 4. The van der Waals surface area contributed by atoms with Gasteiger partial charge in [0.1, 0.15) is 6.04 Å². The third-order valence-electron chi connectivity index (χ3n) is 2.87. The number of rotatable bonds is 5. The Balaban J connectivity index is 2.09. The number of carbonyl (C=O) groups excluding carboxylic acids is 2. The molecule has 21 heavy (non-hydrogen) atoms. The van der Waals surface area contributed by atoms with Gasteiger partial charge in [-0.2, -0.15) is 0 Å². The van der Waals surface area contributed by atoms with Crippen molar-refractivity contribution in [2.45, 2.75) is 12.5 Å². The Morgan fingerprint density at radius 3 is 2.52 bits per heavy atom. The van der Waals surface area contributed by atoms with Gasteiger partial charge in [-0.3, -0.25) is 4.79 Å². The third-order valence-corrected chi connectivity index (χ3v) is 4.10. The number of hydrogen-bond donors (Lipinski definition) is 1. The van der Waals surface area contributed by atoms with Gasteiger partial charge >= 0.3 is 5.97 Å². The molecule has 0 saturated heterocycles. The second-order valence-electron chi connectivity index (χ2n) is 4.34. The molecule has 0 aliphatic heterocycles. The lowest BCUT2D eigenvalue weighted by atomic mass is 10.1. The highest BCUT2D eigenvalue weighted by Crippen LogP contribution is 2.21. The van der Waals surface area contributed by atoms with E-state index in [0.717, 1.165) is 16.9 Å². The molecule has 1 atom stereocenters. The van der Waals surface area contributed by atoms with Crippen molar-refractivity contribution < 1.29 is 14.3 Å². The van der Waals surface area contributed by atoms with E-state index in [9.17, 15) is 9.59 Å². The maximum absolute atomic E-state index is 12.1. The van der Waals surface area contributed by atoms with Crippen LogP contribution in [0.5, 0.6) is 0 Å². The second-order valence-corrected chi connectivity index (χ2v) is 6.06. The van der Waals surface area contributed by atoms with Crippen molar-refractivity contribution in [2.24, 2.45) is 0 Å². The molecule has 1 aromatic carbocycles. The van der Waals surface area contributed by atoms with Gasteiger partial charge in [-0.1, -0.05) is 41.9 Å². The van der Waals surface area contributed by atoms with Gasteiger partial charge in [0.15, 0.2) is 0 Å². The molecular weight excluding hydrogens is 310 g/mol. The monoisotopic (exact) mass is 323 g/mol. The van der Waals surface area contributed by atoms with Gasteiger partial charge in [0.25, 0.3) is 5.91 Å². The van der Waals surface area contributed by atoms with Crippen molar-refractivity contribution >= 4 is 34.8 Å². The molecule has 0 aliphatic carbocycles. The standard InChI is InChI=1S/C15H14ClNO3S/c1-20-15(19)11(9-10-5-3-2-4-6-10)17-14(18)12-7-8-13(16)21-12/h2-8,11H,9H2,1H3,(H,17,18). The summed E-state index contributed by atoms with van der Waals surface area (Å²) in [5.74, 6) is -0.812. The van der Waals surface area contributed by atoms with Crippen LogP contribution >= 0.6 is 22.9 Å². The van der Waals surface area contributed by atoms with E-state index in [1.165, 1.54) is 7.11 Å². The van der Waals surface area contributed by atoms with E-state index in [4.69, 9.17) is 16.3 Å². The van der Waals surface area contributed by atoms with Crippen LogP contribution in [0.25, 0.3) is 0 Å². The Morgan fingerprint density at radius 1 is 1.24 bits per heavy atom. The lowest BCUT2D eigenvalue weighted by Crippen LogP contribution is -2.42. The average molecular weight is 324 g/mol. The topological polar surface area (TPSA) is 55.4 Å². The van der Waals surface area contributed by atoms with Crippen molar-refractivity contribution in [3.63, 3.8) is 0 Å². The SMILES string of the molecule is COC(=O)C(Cc1ccccc1)NC(=O)c1ccc(Cl)s1. The first-order valence-electron chi connectivity index (χ1n) is 6.28. The Kier molecular flexibility index (Phi) is 5.36. The van der Waals surface area contributed by atoms with Crippen LogP contribution in [0, 0.1) is 0 Å². The number of esters is 1. The normalized spacial score (nSPS) is 11.7. The van der Waals surface area contributed by atoms with Gasteiger partial charge < -0.3 is 10.1 Å². The summed E-state index contributed by atoms with van der Waals surface area (Å²) in [6.07, 6.45) is 0.373. The molecule has 0 bridgehead atoms. The summed E-state index contributed by atoms with van der Waals surface area (Å²) >= 11 is 6.97. The summed E-state index contributed by atoms with van der Waals surface area (Å²) in [7, 11) is 1.30. The molecule has 0 fully saturated rings. The highest BCUT2D eigenvalue weighted by Gasteiger charge is 2.23. The van der Waals surface area contributed by atoms with E-state index in [-0.39, 0.29) is 5.91 Å². The molecule has 1 aromatic heterocycles. The molecule has 2 aromatic rings. The first-order valence-corrected chi connectivity index (χ1v) is 7.47. The number of thiophene rings is 1. The fourth-order valence-corrected chi connectivity index (χ4v) is 2.80. The highest BCUT2D eigenvalue weighted by atomic mass is 35.5. The lowest BCUT2D eigenvalue weighted by Gasteiger charge is -2.16. The molecule has 2 rings (SSSR count). The minimum Gasteiger partial charge on any atom is -0.467 e. The molecule has 1 amide bonds. The van der Waals surface area contributed by atoms with Crippen LogP contribution in [0.3, 0.4) is 0 Å². The fourth-order valence-electron chi connectivity index (χ4n) is 1.85. The van der Waals surface area contributed by atoms with Gasteiger partial charge in [0.05, 0.1) is 16.3 Å². The number of halogens is 1. The molecule has 1 N–H and O–H groups in total. The van der Waals surface area contributed by atoms with Gasteiger partial charge in [-0.05, 0) is 17.7 Å². The van der Waals surface area contributed by atoms with Crippen molar-refractivity contribution in [1.29, 1.82) is 0 Å². The zero-order valence-corrected chi connectivity index (χ0v) is 12.9. The highest BCUT2D eigenvalue weighted by molar-refractivity contribution is 7.18. The summed E-state index contributed by atoms with van der Waals surface area (Å²) in [6, 6.07) is 12.0. The van der Waals surface area contributed by atoms with Crippen LogP contribution in [-0.4, -0.2) is 25.0 Å². The van der Waals surface area contributed by atoms with Crippen LogP contribution in [-0.2, 0) is 16.0 Å². The predicted octanol–water partition coefficient (Wildman–Crippen LogP) is 2.92. The first kappa shape index (κ1) is 15.5. The van der Waals surface area contributed by atoms with Crippen molar-refractivity contribution in [3.05, 3.63) is 57.2 Å². The zero-order valence-electron chi connectivity index (χ0n) is 11.3. The molecule has 0 radical (unpaired) electrons. The quantitative estimate of drug-likeness (QED) is 0.861. The van der Waals surface area contributed by atoms with Gasteiger partial charge in [-0.25, -0.2) is 4.79 Å². The second kappa shape index (κ2) is 7.24. The van der Waals surface area contributed by atoms with Crippen molar-refractivity contribution in [2.75, 3.05) is 7.11 Å². The molecule has 1 unspecified atom stereocenters. The van der Waals surface area contributed by atoms with Gasteiger partial charge in [0, 0.05) is 6.42 Å². The largest absolute Gasteiger partial charge is 0.467 e. The van der Waals surface area contributed by atoms with Gasteiger partial charge in [-0.15, -0.1) is 11.3 Å². The Bertz CT molecular complexity index is 627. The third kappa shape index (κ3) is 4.31. The van der Waals surface area contributed by atoms with E-state index in [2.05, 4.69) is 5.32 Å². The zero-order chi connectivity index (χ0) is 15.2. The molecule has 1 heterocycles. The smallest absolute Gasteiger partial charge is 0.328 e. The van der Waals surface area contributed by atoms with Crippen LogP contribution in [0.15, 0.2) is 42.5 Å². The molecule has 110 valence electrons. The van der Waals surface area contributed by atoms with E-state index in [1.54, 1.807) is 12.1 Å². The Morgan fingerprint density at radius 2 is 1.95 bits per heavy atom. The summed E-state index contributed by atoms with van der Waals surface area (Å²) in [5, 5.41) is 2.68. The van der Waals surface area contributed by atoms with Gasteiger partial charge in [0.2, 0.25) is 0 Å². The number of nitrogens with one attached hydrogen (secondary N) is 1.